The van der Waals surface area contributed by atoms with Crippen LogP contribution in [0.1, 0.15) is 89.0 Å². The minimum Gasteiger partial charge on any atom is -0.385 e. The van der Waals surface area contributed by atoms with Crippen LogP contribution in [0, 0.1) is 23.6 Å². The number of unbranched alkanes of at least 4 members (excludes halogenated alkanes) is 1. The molecule has 1 unspecified atom stereocenters. The fourth-order valence-electron chi connectivity index (χ4n) is 6.55. The Morgan fingerprint density at radius 3 is 2.66 bits per heavy atom. The highest BCUT2D eigenvalue weighted by atomic mass is 19.1. The molecule has 3 rings (SSSR count). The Labute approximate surface area is 227 Å². The summed E-state index contributed by atoms with van der Waals surface area (Å²) in [4.78, 5) is 24.8. The molecule has 0 radical (unpaired) electrons. The van der Waals surface area contributed by atoms with Gasteiger partial charge in [0.15, 0.2) is 0 Å². The zero-order valence-corrected chi connectivity index (χ0v) is 23.1. The molecule has 0 bridgehead atoms. The van der Waals surface area contributed by atoms with Gasteiger partial charge in [0.1, 0.15) is 5.82 Å². The van der Waals surface area contributed by atoms with Gasteiger partial charge >= 0.3 is 0 Å². The van der Waals surface area contributed by atoms with Gasteiger partial charge in [0, 0.05) is 32.2 Å². The first-order chi connectivity index (χ1) is 18.3. The number of nitrogens with two attached hydrogens (primary N) is 1. The average Bonchev–Trinajstić information content (AvgIpc) is 2.91. The molecule has 5 N–H and O–H groups in total. The molecule has 0 saturated heterocycles. The van der Waals surface area contributed by atoms with Crippen LogP contribution in [-0.2, 0) is 19.9 Å². The maximum absolute atomic E-state index is 14.2. The van der Waals surface area contributed by atoms with Gasteiger partial charge in [0.2, 0.25) is 11.8 Å². The average molecular weight is 534 g/mol. The predicted molar refractivity (Wildman–Crippen MR) is 147 cm³/mol. The fourth-order valence-corrected chi connectivity index (χ4v) is 6.55. The lowest BCUT2D eigenvalue weighted by Crippen LogP contribution is -2.48. The summed E-state index contributed by atoms with van der Waals surface area (Å²) in [5.74, 6) is -0.535. The SMILES string of the molecule is COCCCC[C@@](O)(c1cccc(F)c1)[C@@H]1CCCC(C(=O)N[C@H](CNCC(N)=O)CC2CCCCC2)C1. The maximum Gasteiger partial charge on any atom is 0.231 e. The quantitative estimate of drug-likeness (QED) is 0.253. The lowest BCUT2D eigenvalue weighted by Gasteiger charge is -2.41. The number of methoxy groups -OCH3 is 1. The molecule has 0 aliphatic heterocycles. The summed E-state index contributed by atoms with van der Waals surface area (Å²) in [6.07, 6.45) is 12.0. The lowest BCUT2D eigenvalue weighted by molar-refractivity contribution is -0.129. The first-order valence-electron chi connectivity index (χ1n) is 14.6. The van der Waals surface area contributed by atoms with Gasteiger partial charge in [0.25, 0.3) is 0 Å². The number of hydrogen-bond donors (Lipinski definition) is 4. The third-order valence-corrected chi connectivity index (χ3v) is 8.58. The van der Waals surface area contributed by atoms with Crippen LogP contribution in [0.2, 0.25) is 0 Å². The van der Waals surface area contributed by atoms with Crippen molar-refractivity contribution in [2.24, 2.45) is 23.5 Å². The van der Waals surface area contributed by atoms with E-state index in [1.807, 2.05) is 0 Å². The summed E-state index contributed by atoms with van der Waals surface area (Å²) in [5.41, 5.74) is 4.70. The maximum atomic E-state index is 14.2. The number of aliphatic hydroxyl groups is 1. The molecule has 2 saturated carbocycles. The summed E-state index contributed by atoms with van der Waals surface area (Å²) in [7, 11) is 1.66. The second-order valence-electron chi connectivity index (χ2n) is 11.5. The van der Waals surface area contributed by atoms with Crippen molar-refractivity contribution in [2.45, 2.75) is 95.1 Å². The molecule has 2 fully saturated rings. The molecular formula is C30H48FN3O4. The Hall–Kier alpha value is -2.03. The first-order valence-corrected chi connectivity index (χ1v) is 14.6. The van der Waals surface area contributed by atoms with E-state index < -0.39 is 11.5 Å². The third-order valence-electron chi connectivity index (χ3n) is 8.58. The van der Waals surface area contributed by atoms with Crippen LogP contribution in [0.5, 0.6) is 0 Å². The largest absolute Gasteiger partial charge is 0.385 e. The van der Waals surface area contributed by atoms with Gasteiger partial charge in [0.05, 0.1) is 12.1 Å². The van der Waals surface area contributed by atoms with Crippen LogP contribution >= 0.6 is 0 Å². The Kier molecular flexibility index (Phi) is 12.5. The van der Waals surface area contributed by atoms with Crippen molar-refractivity contribution in [3.8, 4) is 0 Å². The zero-order valence-electron chi connectivity index (χ0n) is 23.1. The van der Waals surface area contributed by atoms with E-state index in [0.717, 1.165) is 38.5 Å². The van der Waals surface area contributed by atoms with E-state index in [9.17, 15) is 19.1 Å². The van der Waals surface area contributed by atoms with Crippen LogP contribution in [0.15, 0.2) is 24.3 Å². The van der Waals surface area contributed by atoms with Gasteiger partial charge in [-0.05, 0) is 74.5 Å². The summed E-state index contributed by atoms with van der Waals surface area (Å²) in [6.45, 7) is 1.21. The van der Waals surface area contributed by atoms with Crippen molar-refractivity contribution in [3.63, 3.8) is 0 Å². The second-order valence-corrected chi connectivity index (χ2v) is 11.5. The number of benzene rings is 1. The highest BCUT2D eigenvalue weighted by Crippen LogP contribution is 2.44. The van der Waals surface area contributed by atoms with Crippen molar-refractivity contribution in [3.05, 3.63) is 35.6 Å². The van der Waals surface area contributed by atoms with Crippen LogP contribution in [0.4, 0.5) is 4.39 Å². The molecule has 38 heavy (non-hydrogen) atoms. The number of amides is 2. The van der Waals surface area contributed by atoms with Crippen molar-refractivity contribution < 1.29 is 23.8 Å². The zero-order chi connectivity index (χ0) is 27.4. The van der Waals surface area contributed by atoms with Crippen LogP contribution in [0.25, 0.3) is 0 Å². The highest BCUT2D eigenvalue weighted by Gasteiger charge is 2.42. The van der Waals surface area contributed by atoms with Crippen molar-refractivity contribution in [1.29, 1.82) is 0 Å². The second kappa shape index (κ2) is 15.5. The molecule has 0 aromatic heterocycles. The molecule has 2 aliphatic carbocycles. The van der Waals surface area contributed by atoms with Crippen LogP contribution in [0.3, 0.4) is 0 Å². The standard InChI is InChI=1S/C30H48FN3O4/c1-38-16-6-5-15-30(37,25-13-8-14-26(31)19-25)24-12-7-11-23(18-24)29(36)34-27(20-33-21-28(32)35)17-22-9-3-2-4-10-22/h8,13-14,19,22-24,27,33,37H,2-7,9-12,15-18,20-21H2,1H3,(H2,32,35)(H,34,36)/t23?,24-,27+,30+/m1/s1. The van der Waals surface area contributed by atoms with E-state index in [1.54, 1.807) is 19.2 Å². The summed E-state index contributed by atoms with van der Waals surface area (Å²) in [5, 5.41) is 18.4. The summed E-state index contributed by atoms with van der Waals surface area (Å²) < 4.78 is 19.4. The van der Waals surface area contributed by atoms with E-state index in [-0.39, 0.29) is 36.1 Å². The predicted octanol–water partition coefficient (Wildman–Crippen LogP) is 4.17. The lowest BCUT2D eigenvalue weighted by atomic mass is 9.68. The summed E-state index contributed by atoms with van der Waals surface area (Å²) >= 11 is 0. The number of carbonyl (C=O) groups excluding carboxylic acids is 2. The Balaban J connectivity index is 1.68. The van der Waals surface area contributed by atoms with Gasteiger partial charge in [-0.25, -0.2) is 4.39 Å². The third kappa shape index (κ3) is 9.31. The normalized spacial score (nSPS) is 22.9. The topological polar surface area (TPSA) is 114 Å². The molecule has 1 aromatic rings. The molecule has 2 amide bonds. The summed E-state index contributed by atoms with van der Waals surface area (Å²) in [6, 6.07) is 6.21. The Morgan fingerprint density at radius 1 is 1.16 bits per heavy atom. The minimum absolute atomic E-state index is 0.0114. The molecule has 1 aromatic carbocycles. The van der Waals surface area contributed by atoms with Crippen LogP contribution < -0.4 is 16.4 Å². The van der Waals surface area contributed by atoms with Gasteiger partial charge in [-0.15, -0.1) is 0 Å². The molecule has 7 nitrogen and oxygen atoms in total. The molecule has 8 heteroatoms. The fraction of sp³-hybridized carbons (Fsp3) is 0.733. The number of primary amides is 1. The smallest absolute Gasteiger partial charge is 0.231 e. The number of rotatable bonds is 15. The molecule has 2 aliphatic rings. The monoisotopic (exact) mass is 533 g/mol. The molecule has 0 spiro atoms. The van der Waals surface area contributed by atoms with Crippen molar-refractivity contribution >= 4 is 11.8 Å². The molecule has 0 heterocycles. The van der Waals surface area contributed by atoms with E-state index in [0.29, 0.717) is 37.5 Å². The van der Waals surface area contributed by atoms with E-state index >= 15 is 0 Å². The van der Waals surface area contributed by atoms with E-state index in [2.05, 4.69) is 10.6 Å². The van der Waals surface area contributed by atoms with E-state index in [1.165, 1.54) is 44.2 Å². The highest BCUT2D eigenvalue weighted by molar-refractivity contribution is 5.79. The molecular weight excluding hydrogens is 485 g/mol. The van der Waals surface area contributed by atoms with Gasteiger partial charge in [-0.2, -0.15) is 0 Å². The number of halogens is 1. The van der Waals surface area contributed by atoms with E-state index in [4.69, 9.17) is 10.5 Å². The molecule has 4 atom stereocenters. The molecule has 214 valence electrons. The minimum atomic E-state index is -1.20. The van der Waals surface area contributed by atoms with Gasteiger partial charge in [-0.3, -0.25) is 9.59 Å². The number of hydrogen-bond acceptors (Lipinski definition) is 5. The van der Waals surface area contributed by atoms with Crippen molar-refractivity contribution in [2.75, 3.05) is 26.8 Å². The number of nitrogens with one attached hydrogen (secondary N) is 2. The van der Waals surface area contributed by atoms with Crippen LogP contribution in [-0.4, -0.2) is 49.8 Å². The van der Waals surface area contributed by atoms with Crippen molar-refractivity contribution in [1.82, 2.24) is 10.6 Å². The Morgan fingerprint density at radius 2 is 1.95 bits per heavy atom. The Bertz CT molecular complexity index is 879. The number of carbonyl (C=O) groups is 2. The first kappa shape index (κ1) is 30.5. The van der Waals surface area contributed by atoms with Gasteiger partial charge < -0.3 is 26.2 Å². The number of ether oxygens (including phenoxy) is 1. The van der Waals surface area contributed by atoms with Gasteiger partial charge in [-0.1, -0.05) is 50.7 Å².